The van der Waals surface area contributed by atoms with Gasteiger partial charge in [0.1, 0.15) is 6.10 Å². The van der Waals surface area contributed by atoms with Crippen LogP contribution in [0.3, 0.4) is 0 Å². The average molecular weight is 444 g/mol. The zero-order valence-corrected chi connectivity index (χ0v) is 18.4. The number of carbonyl (C=O) groups is 3. The third-order valence-corrected chi connectivity index (χ3v) is 9.27. The monoisotopic (exact) mass is 443 g/mol. The van der Waals surface area contributed by atoms with Gasteiger partial charge in [0, 0.05) is 12.3 Å². The first-order chi connectivity index (χ1) is 14.4. The van der Waals surface area contributed by atoms with Gasteiger partial charge < -0.3 is 10.1 Å². The first-order valence-corrected chi connectivity index (χ1v) is 11.5. The average Bonchev–Trinajstić information content (AvgIpc) is 2.92. The number of rotatable bonds is 2. The Morgan fingerprint density at radius 1 is 1.03 bits per heavy atom. The Bertz CT molecular complexity index is 783. The minimum absolute atomic E-state index is 0.00116. The van der Waals surface area contributed by atoms with E-state index in [4.69, 9.17) is 4.74 Å². The smallest absolute Gasteiger partial charge is 0.463 e. The van der Waals surface area contributed by atoms with E-state index in [-0.39, 0.29) is 35.1 Å². The summed E-state index contributed by atoms with van der Waals surface area (Å²) in [5, 5.41) is 1.97. The molecule has 0 spiro atoms. The summed E-state index contributed by atoms with van der Waals surface area (Å²) in [6.45, 7) is 5.65. The van der Waals surface area contributed by atoms with Crippen LogP contribution in [0.2, 0.25) is 0 Å². The number of nitrogens with one attached hydrogen (secondary N) is 1. The van der Waals surface area contributed by atoms with Crippen molar-refractivity contribution in [2.75, 3.05) is 0 Å². The molecular weight excluding hydrogens is 411 g/mol. The second kappa shape index (κ2) is 7.48. The maximum atomic E-state index is 13.1. The normalized spacial score (nSPS) is 44.6. The van der Waals surface area contributed by atoms with Gasteiger partial charge in [-0.25, -0.2) is 0 Å². The fourth-order valence-electron chi connectivity index (χ4n) is 7.74. The van der Waals surface area contributed by atoms with Gasteiger partial charge in [-0.15, -0.1) is 0 Å². The highest BCUT2D eigenvalue weighted by atomic mass is 19.4. The summed E-state index contributed by atoms with van der Waals surface area (Å²) in [6.07, 6.45) is 1.41. The molecule has 31 heavy (non-hydrogen) atoms. The number of Topliss-reactive ketones (excluding diaryl/α,β-unsaturated/α-hetero) is 1. The zero-order valence-electron chi connectivity index (χ0n) is 18.4. The van der Waals surface area contributed by atoms with Crippen LogP contribution < -0.4 is 5.32 Å². The summed E-state index contributed by atoms with van der Waals surface area (Å²) in [5.74, 6) is -1.36. The van der Waals surface area contributed by atoms with Crippen molar-refractivity contribution in [3.8, 4) is 0 Å². The zero-order chi connectivity index (χ0) is 22.8. The molecule has 4 saturated carbocycles. The number of amides is 1. The van der Waals surface area contributed by atoms with Crippen molar-refractivity contribution in [3.05, 3.63) is 0 Å². The van der Waals surface area contributed by atoms with E-state index in [9.17, 15) is 27.6 Å². The van der Waals surface area contributed by atoms with Crippen LogP contribution in [0.1, 0.15) is 72.1 Å². The predicted octanol–water partition coefficient (Wildman–Crippen LogP) is 4.19. The molecule has 4 aliphatic rings. The van der Waals surface area contributed by atoms with E-state index in [0.717, 1.165) is 38.5 Å². The molecule has 4 aliphatic carbocycles. The molecule has 0 unspecified atom stereocenters. The molecule has 5 nitrogen and oxygen atoms in total. The van der Waals surface area contributed by atoms with Gasteiger partial charge in [0.25, 0.3) is 0 Å². The van der Waals surface area contributed by atoms with E-state index in [1.165, 1.54) is 6.92 Å². The molecule has 0 aromatic rings. The Morgan fingerprint density at radius 3 is 2.39 bits per heavy atom. The number of hydrogen-bond acceptors (Lipinski definition) is 4. The molecule has 0 aromatic carbocycles. The van der Waals surface area contributed by atoms with Crippen LogP contribution in [-0.4, -0.2) is 36.0 Å². The third-order valence-electron chi connectivity index (χ3n) is 9.27. The van der Waals surface area contributed by atoms with Crippen LogP contribution in [0.5, 0.6) is 0 Å². The Balaban J connectivity index is 1.51. The van der Waals surface area contributed by atoms with Crippen LogP contribution in [0, 0.1) is 34.5 Å². The van der Waals surface area contributed by atoms with Gasteiger partial charge in [-0.3, -0.25) is 14.4 Å². The summed E-state index contributed by atoms with van der Waals surface area (Å²) in [7, 11) is 0. The number of carbonyl (C=O) groups excluding carboxylic acids is 3. The number of alkyl halides is 3. The number of esters is 1. The molecule has 0 heterocycles. The fraction of sp³-hybridized carbons (Fsp3) is 0.870. The van der Waals surface area contributed by atoms with Crippen molar-refractivity contribution < 1.29 is 32.3 Å². The second-order valence-corrected chi connectivity index (χ2v) is 10.7. The second-order valence-electron chi connectivity index (χ2n) is 10.7. The van der Waals surface area contributed by atoms with Crippen molar-refractivity contribution in [3.63, 3.8) is 0 Å². The summed E-state index contributed by atoms with van der Waals surface area (Å²) in [5.41, 5.74) is -0.569. The molecule has 0 saturated heterocycles. The predicted molar refractivity (Wildman–Crippen MR) is 106 cm³/mol. The molecule has 8 atom stereocenters. The molecule has 0 radical (unpaired) electrons. The molecule has 1 amide bonds. The summed E-state index contributed by atoms with van der Waals surface area (Å²) in [4.78, 5) is 35.9. The molecule has 0 aromatic heterocycles. The molecule has 4 fully saturated rings. The first-order valence-electron chi connectivity index (χ1n) is 11.5. The Kier molecular flexibility index (Phi) is 5.45. The van der Waals surface area contributed by atoms with E-state index >= 15 is 0 Å². The number of halogens is 3. The standard InChI is InChI=1S/C23H32F3NO4/c1-12(28)31-14-6-8-21(2)13(10-14)4-5-15-16(21)7-9-22(3)17(15)11-18(19(22)29)27-20(30)23(24,25)26/h13-18H,4-11H2,1-3H3,(H,27,30)/t13-,14-,15+,16-,17-,18+,21-,22-/m0/s1. The number of ketones is 1. The molecular formula is C23H32F3NO4. The van der Waals surface area contributed by atoms with Crippen molar-refractivity contribution in [1.29, 1.82) is 0 Å². The number of fused-ring (bicyclic) bond motifs is 5. The van der Waals surface area contributed by atoms with Crippen molar-refractivity contribution in [2.24, 2.45) is 34.5 Å². The van der Waals surface area contributed by atoms with Crippen LogP contribution in [0.15, 0.2) is 0 Å². The van der Waals surface area contributed by atoms with E-state index in [1.807, 2.05) is 12.2 Å². The van der Waals surface area contributed by atoms with Crippen molar-refractivity contribution in [2.45, 2.75) is 90.5 Å². The lowest BCUT2D eigenvalue weighted by Crippen LogP contribution is -2.54. The summed E-state index contributed by atoms with van der Waals surface area (Å²) < 4.78 is 43.8. The quantitative estimate of drug-likeness (QED) is 0.650. The van der Waals surface area contributed by atoms with Crippen LogP contribution >= 0.6 is 0 Å². The lowest BCUT2D eigenvalue weighted by Gasteiger charge is -2.60. The number of hydrogen-bond donors (Lipinski definition) is 1. The van der Waals surface area contributed by atoms with Gasteiger partial charge in [-0.1, -0.05) is 13.8 Å². The Labute approximate surface area is 180 Å². The van der Waals surface area contributed by atoms with Crippen LogP contribution in [0.4, 0.5) is 13.2 Å². The first kappa shape index (κ1) is 22.6. The SMILES string of the molecule is CC(=O)O[C@H]1CC[C@@]2(C)[C@@H](CC[C@@H]3[C@@H]2CC[C@]2(C)C(=O)[C@H](NC(=O)C(F)(F)F)C[C@@H]32)C1. The maximum absolute atomic E-state index is 13.1. The van der Waals surface area contributed by atoms with Gasteiger partial charge in [0.2, 0.25) is 0 Å². The Morgan fingerprint density at radius 2 is 1.74 bits per heavy atom. The maximum Gasteiger partial charge on any atom is 0.471 e. The van der Waals surface area contributed by atoms with E-state index in [1.54, 1.807) is 0 Å². The summed E-state index contributed by atoms with van der Waals surface area (Å²) in [6, 6.07) is -1.05. The van der Waals surface area contributed by atoms with E-state index in [0.29, 0.717) is 24.7 Å². The van der Waals surface area contributed by atoms with Crippen molar-refractivity contribution in [1.82, 2.24) is 5.32 Å². The van der Waals surface area contributed by atoms with Crippen LogP contribution in [-0.2, 0) is 19.1 Å². The van der Waals surface area contributed by atoms with Gasteiger partial charge in [-0.05, 0) is 80.5 Å². The Hall–Kier alpha value is -1.60. The van der Waals surface area contributed by atoms with Gasteiger partial charge >= 0.3 is 18.1 Å². The number of ether oxygens (including phenoxy) is 1. The third kappa shape index (κ3) is 3.67. The molecule has 0 bridgehead atoms. The van der Waals surface area contributed by atoms with Crippen LogP contribution in [0.25, 0.3) is 0 Å². The van der Waals surface area contributed by atoms with Gasteiger partial charge in [-0.2, -0.15) is 13.2 Å². The lowest BCUT2D eigenvalue weighted by molar-refractivity contribution is -0.174. The summed E-state index contributed by atoms with van der Waals surface area (Å²) >= 11 is 0. The van der Waals surface area contributed by atoms with Gasteiger partial charge in [0.15, 0.2) is 5.78 Å². The van der Waals surface area contributed by atoms with Gasteiger partial charge in [0.05, 0.1) is 6.04 Å². The lowest BCUT2D eigenvalue weighted by atomic mass is 9.45. The highest BCUT2D eigenvalue weighted by Gasteiger charge is 2.63. The highest BCUT2D eigenvalue weighted by Crippen LogP contribution is 2.65. The fourth-order valence-corrected chi connectivity index (χ4v) is 7.74. The topological polar surface area (TPSA) is 72.5 Å². The minimum Gasteiger partial charge on any atom is -0.463 e. The highest BCUT2D eigenvalue weighted by molar-refractivity contribution is 5.96. The van der Waals surface area contributed by atoms with Crippen molar-refractivity contribution >= 4 is 17.7 Å². The molecule has 1 N–H and O–H groups in total. The molecule has 8 heteroatoms. The molecule has 0 aliphatic heterocycles. The molecule has 174 valence electrons. The minimum atomic E-state index is -4.98. The van der Waals surface area contributed by atoms with E-state index in [2.05, 4.69) is 6.92 Å². The molecule has 4 rings (SSSR count). The largest absolute Gasteiger partial charge is 0.471 e. The van der Waals surface area contributed by atoms with E-state index < -0.39 is 23.5 Å².